The summed E-state index contributed by atoms with van der Waals surface area (Å²) in [6.45, 7) is -1.42. The molecule has 0 aliphatic rings. The summed E-state index contributed by atoms with van der Waals surface area (Å²) in [6, 6.07) is 11.0. The molecule has 3 rings (SSSR count). The van der Waals surface area contributed by atoms with Crippen LogP contribution in [0.5, 0.6) is 5.75 Å². The SMILES string of the molecule is COc1ccc(-c2nc(=O)n(CC(F)(F)F)c3ccc(Cl)cc23)cc1. The Kier molecular flexibility index (Phi) is 4.43. The zero-order chi connectivity index (χ0) is 18.2. The normalized spacial score (nSPS) is 11.7. The van der Waals surface area contributed by atoms with Gasteiger partial charge in [-0.3, -0.25) is 4.57 Å². The maximum Gasteiger partial charge on any atom is 0.406 e. The number of halogens is 4. The average Bonchev–Trinajstić information content (AvgIpc) is 2.56. The molecule has 0 radical (unpaired) electrons. The Bertz CT molecular complexity index is 982. The van der Waals surface area contributed by atoms with E-state index in [1.54, 1.807) is 24.3 Å². The Morgan fingerprint density at radius 2 is 1.84 bits per heavy atom. The lowest BCUT2D eigenvalue weighted by Crippen LogP contribution is -2.30. The Balaban J connectivity index is 2.28. The molecular weight excluding hydrogens is 357 g/mol. The summed E-state index contributed by atoms with van der Waals surface area (Å²) in [4.78, 5) is 16.1. The van der Waals surface area contributed by atoms with Crippen molar-refractivity contribution in [3.05, 3.63) is 58.0 Å². The van der Waals surface area contributed by atoms with E-state index in [1.165, 1.54) is 25.3 Å². The lowest BCUT2D eigenvalue weighted by atomic mass is 10.1. The van der Waals surface area contributed by atoms with E-state index in [9.17, 15) is 18.0 Å². The molecule has 2 aromatic carbocycles. The standard InChI is InChI=1S/C17H12ClF3N2O2/c1-25-12-5-2-10(3-6-12)15-13-8-11(18)4-7-14(13)23(16(24)22-15)9-17(19,20)21/h2-8H,9H2,1H3. The number of methoxy groups -OCH3 is 1. The van der Waals surface area contributed by atoms with E-state index in [1.807, 2.05) is 0 Å². The number of fused-ring (bicyclic) bond motifs is 1. The molecule has 0 spiro atoms. The van der Waals surface area contributed by atoms with Crippen LogP contribution in [-0.4, -0.2) is 22.8 Å². The second-order valence-corrected chi connectivity index (χ2v) is 5.77. The summed E-state index contributed by atoms with van der Waals surface area (Å²) in [6.07, 6.45) is -4.54. The first-order valence-corrected chi connectivity index (χ1v) is 7.57. The number of nitrogens with zero attached hydrogens (tertiary/aromatic N) is 2. The van der Waals surface area contributed by atoms with Crippen molar-refractivity contribution in [1.82, 2.24) is 9.55 Å². The topological polar surface area (TPSA) is 44.1 Å². The zero-order valence-corrected chi connectivity index (χ0v) is 13.7. The van der Waals surface area contributed by atoms with Crippen LogP contribution in [-0.2, 0) is 6.54 Å². The molecule has 0 bridgehead atoms. The van der Waals surface area contributed by atoms with Gasteiger partial charge < -0.3 is 4.74 Å². The second kappa shape index (κ2) is 6.40. The van der Waals surface area contributed by atoms with Crippen LogP contribution in [0.25, 0.3) is 22.2 Å². The van der Waals surface area contributed by atoms with Crippen molar-refractivity contribution in [2.24, 2.45) is 0 Å². The first kappa shape index (κ1) is 17.3. The number of aromatic nitrogens is 2. The molecule has 0 saturated carbocycles. The van der Waals surface area contributed by atoms with Crippen molar-refractivity contribution < 1.29 is 17.9 Å². The van der Waals surface area contributed by atoms with E-state index in [-0.39, 0.29) is 11.2 Å². The molecule has 0 atom stereocenters. The van der Waals surface area contributed by atoms with Crippen LogP contribution in [0.1, 0.15) is 0 Å². The molecule has 1 aromatic heterocycles. The van der Waals surface area contributed by atoms with E-state index < -0.39 is 18.4 Å². The van der Waals surface area contributed by atoms with Crippen LogP contribution in [0.4, 0.5) is 13.2 Å². The maximum atomic E-state index is 12.8. The molecule has 0 aliphatic carbocycles. The summed E-state index contributed by atoms with van der Waals surface area (Å²) in [5.74, 6) is 0.608. The molecule has 4 nitrogen and oxygen atoms in total. The summed E-state index contributed by atoms with van der Waals surface area (Å²) >= 11 is 5.99. The molecule has 0 aliphatic heterocycles. The molecule has 0 N–H and O–H groups in total. The van der Waals surface area contributed by atoms with Gasteiger partial charge in [0.25, 0.3) is 0 Å². The Morgan fingerprint density at radius 3 is 2.44 bits per heavy atom. The van der Waals surface area contributed by atoms with E-state index in [2.05, 4.69) is 4.98 Å². The Morgan fingerprint density at radius 1 is 1.16 bits per heavy atom. The molecule has 25 heavy (non-hydrogen) atoms. The van der Waals surface area contributed by atoms with E-state index in [4.69, 9.17) is 16.3 Å². The fourth-order valence-corrected chi connectivity index (χ4v) is 2.73. The predicted molar refractivity (Wildman–Crippen MR) is 89.1 cm³/mol. The van der Waals surface area contributed by atoms with Crippen molar-refractivity contribution in [3.8, 4) is 17.0 Å². The number of rotatable bonds is 3. The first-order valence-electron chi connectivity index (χ1n) is 7.20. The molecule has 0 amide bonds. The van der Waals surface area contributed by atoms with Crippen molar-refractivity contribution in [1.29, 1.82) is 0 Å². The molecule has 3 aromatic rings. The van der Waals surface area contributed by atoms with Crippen LogP contribution < -0.4 is 10.4 Å². The third-order valence-electron chi connectivity index (χ3n) is 3.64. The average molecular weight is 369 g/mol. The highest BCUT2D eigenvalue weighted by molar-refractivity contribution is 6.31. The summed E-state index contributed by atoms with van der Waals surface area (Å²) < 4.78 is 44.1. The first-order chi connectivity index (χ1) is 11.8. The van der Waals surface area contributed by atoms with E-state index in [0.717, 1.165) is 0 Å². The fraction of sp³-hybridized carbons (Fsp3) is 0.176. The predicted octanol–water partition coefficient (Wildman–Crippen LogP) is 4.29. The minimum atomic E-state index is -4.54. The largest absolute Gasteiger partial charge is 0.497 e. The molecule has 0 saturated heterocycles. The van der Waals surface area contributed by atoms with Crippen LogP contribution in [0.15, 0.2) is 47.3 Å². The van der Waals surface area contributed by atoms with Crippen molar-refractivity contribution in [2.45, 2.75) is 12.7 Å². The highest BCUT2D eigenvalue weighted by atomic mass is 35.5. The monoisotopic (exact) mass is 368 g/mol. The molecule has 0 unspecified atom stereocenters. The van der Waals surface area contributed by atoms with Gasteiger partial charge in [-0.25, -0.2) is 4.79 Å². The quantitative estimate of drug-likeness (QED) is 0.692. The van der Waals surface area contributed by atoms with E-state index in [0.29, 0.717) is 26.3 Å². The van der Waals surface area contributed by atoms with Gasteiger partial charge >= 0.3 is 11.9 Å². The lowest BCUT2D eigenvalue weighted by Gasteiger charge is -2.14. The van der Waals surface area contributed by atoms with Crippen LogP contribution in [0, 0.1) is 0 Å². The van der Waals surface area contributed by atoms with E-state index >= 15 is 0 Å². The molecule has 1 heterocycles. The number of hydrogen-bond donors (Lipinski definition) is 0. The minimum Gasteiger partial charge on any atom is -0.497 e. The molecule has 130 valence electrons. The van der Waals surface area contributed by atoms with Gasteiger partial charge in [0.15, 0.2) is 0 Å². The Labute approximate surface area is 145 Å². The number of benzene rings is 2. The Hall–Kier alpha value is -2.54. The van der Waals surface area contributed by atoms with Gasteiger partial charge in [0.05, 0.1) is 18.3 Å². The number of ether oxygens (including phenoxy) is 1. The van der Waals surface area contributed by atoms with Gasteiger partial charge in [-0.15, -0.1) is 0 Å². The van der Waals surface area contributed by atoms with Gasteiger partial charge in [-0.2, -0.15) is 18.2 Å². The highest BCUT2D eigenvalue weighted by Crippen LogP contribution is 2.30. The van der Waals surface area contributed by atoms with Crippen molar-refractivity contribution in [3.63, 3.8) is 0 Å². The lowest BCUT2D eigenvalue weighted by molar-refractivity contribution is -0.140. The van der Waals surface area contributed by atoms with Crippen molar-refractivity contribution >= 4 is 22.5 Å². The summed E-state index contributed by atoms with van der Waals surface area (Å²) in [5.41, 5.74) is -0.0154. The summed E-state index contributed by atoms with van der Waals surface area (Å²) in [5, 5.41) is 0.697. The van der Waals surface area contributed by atoms with Crippen LogP contribution >= 0.6 is 11.6 Å². The second-order valence-electron chi connectivity index (χ2n) is 5.33. The number of hydrogen-bond acceptors (Lipinski definition) is 3. The van der Waals surface area contributed by atoms with Crippen molar-refractivity contribution in [2.75, 3.05) is 7.11 Å². The van der Waals surface area contributed by atoms with Crippen LogP contribution in [0.2, 0.25) is 5.02 Å². The highest BCUT2D eigenvalue weighted by Gasteiger charge is 2.30. The summed E-state index contributed by atoms with van der Waals surface area (Å²) in [7, 11) is 1.51. The van der Waals surface area contributed by atoms with Gasteiger partial charge in [0.2, 0.25) is 0 Å². The smallest absolute Gasteiger partial charge is 0.406 e. The molecule has 0 fully saturated rings. The molecule has 8 heteroatoms. The fourth-order valence-electron chi connectivity index (χ4n) is 2.55. The van der Waals surface area contributed by atoms with Crippen LogP contribution in [0.3, 0.4) is 0 Å². The van der Waals surface area contributed by atoms with Gasteiger partial charge in [0.1, 0.15) is 12.3 Å². The zero-order valence-electron chi connectivity index (χ0n) is 13.0. The maximum absolute atomic E-state index is 12.8. The third kappa shape index (κ3) is 3.61. The minimum absolute atomic E-state index is 0.118. The number of alkyl halides is 3. The van der Waals surface area contributed by atoms with Gasteiger partial charge in [0, 0.05) is 16.0 Å². The van der Waals surface area contributed by atoms with Gasteiger partial charge in [-0.05, 0) is 42.5 Å². The molecular formula is C17H12ClF3N2O2. The van der Waals surface area contributed by atoms with Gasteiger partial charge in [-0.1, -0.05) is 11.6 Å². The third-order valence-corrected chi connectivity index (χ3v) is 3.88.